The molecule has 7 nitrogen and oxygen atoms in total. The standard InChI is InChI=1S/C11H10BrN5O2/c12-7-1-3-8(4-2-7)14-11-9(17(18)19)5-6-10(15-11)16-13/h1-6H,13H2,(H2,14,15,16). The second kappa shape index (κ2) is 5.63. The zero-order valence-electron chi connectivity index (χ0n) is 9.63. The lowest BCUT2D eigenvalue weighted by Gasteiger charge is -2.08. The fraction of sp³-hybridized carbons (Fsp3) is 0. The molecule has 1 aromatic heterocycles. The molecular weight excluding hydrogens is 314 g/mol. The molecule has 0 bridgehead atoms. The van der Waals surface area contributed by atoms with Crippen LogP contribution in [0.25, 0.3) is 0 Å². The van der Waals surface area contributed by atoms with Crippen molar-refractivity contribution in [2.24, 2.45) is 5.84 Å². The van der Waals surface area contributed by atoms with E-state index in [1.54, 1.807) is 12.1 Å². The molecular formula is C11H10BrN5O2. The first-order valence-corrected chi connectivity index (χ1v) is 6.04. The maximum absolute atomic E-state index is 10.9. The first-order chi connectivity index (χ1) is 9.10. The van der Waals surface area contributed by atoms with Gasteiger partial charge < -0.3 is 10.7 Å². The Morgan fingerprint density at radius 2 is 1.89 bits per heavy atom. The first-order valence-electron chi connectivity index (χ1n) is 5.25. The van der Waals surface area contributed by atoms with Crippen molar-refractivity contribution in [1.82, 2.24) is 4.98 Å². The molecule has 0 unspecified atom stereocenters. The summed E-state index contributed by atoms with van der Waals surface area (Å²) < 4.78 is 0.915. The predicted molar refractivity (Wildman–Crippen MR) is 76.1 cm³/mol. The van der Waals surface area contributed by atoms with Gasteiger partial charge in [-0.15, -0.1) is 0 Å². The number of anilines is 3. The van der Waals surface area contributed by atoms with E-state index >= 15 is 0 Å². The number of rotatable bonds is 4. The minimum absolute atomic E-state index is 0.123. The molecule has 0 amide bonds. The fourth-order valence-electron chi connectivity index (χ4n) is 1.44. The van der Waals surface area contributed by atoms with Crippen molar-refractivity contribution in [2.75, 3.05) is 10.7 Å². The number of pyridine rings is 1. The summed E-state index contributed by atoms with van der Waals surface area (Å²) in [6.07, 6.45) is 0. The molecule has 98 valence electrons. The lowest BCUT2D eigenvalue weighted by Crippen LogP contribution is -2.10. The summed E-state index contributed by atoms with van der Waals surface area (Å²) in [5.74, 6) is 5.71. The molecule has 0 aliphatic carbocycles. The highest BCUT2D eigenvalue weighted by Gasteiger charge is 2.16. The van der Waals surface area contributed by atoms with Crippen LogP contribution in [0.2, 0.25) is 0 Å². The van der Waals surface area contributed by atoms with Gasteiger partial charge in [-0.3, -0.25) is 10.1 Å². The number of aromatic nitrogens is 1. The smallest absolute Gasteiger partial charge is 0.311 e. The van der Waals surface area contributed by atoms with Crippen LogP contribution in [0.15, 0.2) is 40.9 Å². The van der Waals surface area contributed by atoms with Gasteiger partial charge in [0.05, 0.1) is 4.92 Å². The Labute approximate surface area is 117 Å². The van der Waals surface area contributed by atoms with Crippen LogP contribution in [-0.4, -0.2) is 9.91 Å². The third-order valence-corrected chi connectivity index (χ3v) is 2.85. The monoisotopic (exact) mass is 323 g/mol. The van der Waals surface area contributed by atoms with E-state index in [4.69, 9.17) is 5.84 Å². The number of nitro groups is 1. The van der Waals surface area contributed by atoms with Crippen LogP contribution in [0.1, 0.15) is 0 Å². The van der Waals surface area contributed by atoms with Gasteiger partial charge in [0.2, 0.25) is 5.82 Å². The molecule has 19 heavy (non-hydrogen) atoms. The van der Waals surface area contributed by atoms with Crippen LogP contribution >= 0.6 is 15.9 Å². The fourth-order valence-corrected chi connectivity index (χ4v) is 1.71. The molecule has 0 aliphatic rings. The van der Waals surface area contributed by atoms with E-state index in [0.29, 0.717) is 11.5 Å². The molecule has 0 atom stereocenters. The summed E-state index contributed by atoms with van der Waals surface area (Å²) >= 11 is 3.31. The van der Waals surface area contributed by atoms with E-state index in [-0.39, 0.29) is 11.5 Å². The number of halogens is 1. The molecule has 0 spiro atoms. The average Bonchev–Trinajstić information content (AvgIpc) is 2.41. The maximum Gasteiger partial charge on any atom is 0.311 e. The summed E-state index contributed by atoms with van der Waals surface area (Å²) in [5, 5.41) is 13.8. The Morgan fingerprint density at radius 3 is 2.47 bits per heavy atom. The van der Waals surface area contributed by atoms with Crippen molar-refractivity contribution in [3.8, 4) is 0 Å². The van der Waals surface area contributed by atoms with E-state index in [1.807, 2.05) is 12.1 Å². The largest absolute Gasteiger partial charge is 0.334 e. The molecule has 0 saturated carbocycles. The number of hydrogen-bond donors (Lipinski definition) is 3. The molecule has 1 heterocycles. The summed E-state index contributed by atoms with van der Waals surface area (Å²) in [7, 11) is 0. The van der Waals surface area contributed by atoms with E-state index < -0.39 is 4.92 Å². The van der Waals surface area contributed by atoms with E-state index in [2.05, 4.69) is 31.7 Å². The normalized spacial score (nSPS) is 10.0. The van der Waals surface area contributed by atoms with Gasteiger partial charge in [0, 0.05) is 16.2 Å². The minimum Gasteiger partial charge on any atom is -0.334 e. The van der Waals surface area contributed by atoms with Crippen molar-refractivity contribution < 1.29 is 4.92 Å². The Bertz CT molecular complexity index is 603. The Kier molecular flexibility index (Phi) is 3.93. The second-order valence-corrected chi connectivity index (χ2v) is 4.51. The van der Waals surface area contributed by atoms with Crippen LogP contribution in [-0.2, 0) is 0 Å². The molecule has 1 aromatic carbocycles. The number of nitrogens with two attached hydrogens (primary N) is 1. The Balaban J connectivity index is 2.36. The number of benzene rings is 1. The summed E-state index contributed by atoms with van der Waals surface area (Å²) in [6.45, 7) is 0. The van der Waals surface area contributed by atoms with Crippen LogP contribution in [0.3, 0.4) is 0 Å². The van der Waals surface area contributed by atoms with Crippen molar-refractivity contribution in [3.63, 3.8) is 0 Å². The topological polar surface area (TPSA) is 106 Å². The summed E-state index contributed by atoms with van der Waals surface area (Å²) in [6, 6.07) is 9.96. The number of nitrogens with one attached hydrogen (secondary N) is 2. The molecule has 0 radical (unpaired) electrons. The Morgan fingerprint density at radius 1 is 1.21 bits per heavy atom. The SMILES string of the molecule is NNc1ccc([N+](=O)[O-])c(Nc2ccc(Br)cc2)n1. The van der Waals surface area contributed by atoms with Crippen LogP contribution < -0.4 is 16.6 Å². The van der Waals surface area contributed by atoms with Crippen LogP contribution in [0.5, 0.6) is 0 Å². The molecule has 2 rings (SSSR count). The lowest BCUT2D eigenvalue weighted by atomic mass is 10.3. The molecule has 0 fully saturated rings. The van der Waals surface area contributed by atoms with Crippen molar-refractivity contribution >= 4 is 38.9 Å². The van der Waals surface area contributed by atoms with Gasteiger partial charge >= 0.3 is 5.69 Å². The van der Waals surface area contributed by atoms with Crippen LogP contribution in [0.4, 0.5) is 23.0 Å². The van der Waals surface area contributed by atoms with Crippen molar-refractivity contribution in [1.29, 1.82) is 0 Å². The van der Waals surface area contributed by atoms with E-state index in [1.165, 1.54) is 12.1 Å². The molecule has 0 saturated heterocycles. The number of hydrogen-bond acceptors (Lipinski definition) is 6. The highest BCUT2D eigenvalue weighted by Crippen LogP contribution is 2.27. The summed E-state index contributed by atoms with van der Waals surface area (Å²) in [5.41, 5.74) is 2.91. The van der Waals surface area contributed by atoms with Gasteiger partial charge in [-0.1, -0.05) is 15.9 Å². The van der Waals surface area contributed by atoms with Gasteiger partial charge in [-0.25, -0.2) is 10.8 Å². The number of hydrazine groups is 1. The minimum atomic E-state index is -0.505. The van der Waals surface area contributed by atoms with Gasteiger partial charge in [0.15, 0.2) is 0 Å². The lowest BCUT2D eigenvalue weighted by molar-refractivity contribution is -0.384. The van der Waals surface area contributed by atoms with Gasteiger partial charge in [-0.2, -0.15) is 0 Å². The van der Waals surface area contributed by atoms with Crippen LogP contribution in [0, 0.1) is 10.1 Å². The maximum atomic E-state index is 10.9. The highest BCUT2D eigenvalue weighted by molar-refractivity contribution is 9.10. The second-order valence-electron chi connectivity index (χ2n) is 3.60. The average molecular weight is 324 g/mol. The number of nitrogen functional groups attached to an aromatic ring is 1. The molecule has 4 N–H and O–H groups in total. The number of nitrogens with zero attached hydrogens (tertiary/aromatic N) is 2. The third kappa shape index (κ3) is 3.18. The van der Waals surface area contributed by atoms with E-state index in [0.717, 1.165) is 4.47 Å². The van der Waals surface area contributed by atoms with E-state index in [9.17, 15) is 10.1 Å². The van der Waals surface area contributed by atoms with Crippen molar-refractivity contribution in [2.45, 2.75) is 0 Å². The predicted octanol–water partition coefficient (Wildman–Crippen LogP) is 2.78. The molecule has 8 heteroatoms. The highest BCUT2D eigenvalue weighted by atomic mass is 79.9. The van der Waals surface area contributed by atoms with Crippen molar-refractivity contribution in [3.05, 3.63) is 51.0 Å². The quantitative estimate of drug-likeness (QED) is 0.454. The van der Waals surface area contributed by atoms with Gasteiger partial charge in [0.25, 0.3) is 0 Å². The van der Waals surface area contributed by atoms with Gasteiger partial charge in [-0.05, 0) is 30.3 Å². The molecule has 0 aliphatic heterocycles. The zero-order chi connectivity index (χ0) is 13.8. The van der Waals surface area contributed by atoms with Gasteiger partial charge in [0.1, 0.15) is 5.82 Å². The molecule has 2 aromatic rings. The third-order valence-electron chi connectivity index (χ3n) is 2.33. The Hall–Kier alpha value is -2.19. The summed E-state index contributed by atoms with van der Waals surface area (Å²) in [4.78, 5) is 14.5. The first kappa shape index (κ1) is 13.2. The zero-order valence-corrected chi connectivity index (χ0v) is 11.2.